The Morgan fingerprint density at radius 2 is 1.89 bits per heavy atom. The Morgan fingerprint density at radius 3 is 2.67 bits per heavy atom. The number of anilines is 2. The van der Waals surface area contributed by atoms with E-state index in [2.05, 4.69) is 17.9 Å². The van der Waals surface area contributed by atoms with Gasteiger partial charge in [-0.05, 0) is 48.9 Å². The molecule has 0 saturated carbocycles. The summed E-state index contributed by atoms with van der Waals surface area (Å²) in [6.07, 6.45) is 3.40. The van der Waals surface area contributed by atoms with Gasteiger partial charge in [0.25, 0.3) is 5.91 Å². The van der Waals surface area contributed by atoms with E-state index in [0.717, 1.165) is 41.1 Å². The van der Waals surface area contributed by atoms with Gasteiger partial charge in [0.2, 0.25) is 0 Å². The van der Waals surface area contributed by atoms with Crippen molar-refractivity contribution in [2.75, 3.05) is 29.9 Å². The summed E-state index contributed by atoms with van der Waals surface area (Å²) in [7, 11) is 2.01. The fourth-order valence-electron chi connectivity index (χ4n) is 4.02. The molecule has 1 unspecified atom stereocenters. The highest BCUT2D eigenvalue weighted by Gasteiger charge is 2.31. The molecule has 1 aliphatic carbocycles. The van der Waals surface area contributed by atoms with Crippen LogP contribution in [0.4, 0.5) is 11.6 Å². The summed E-state index contributed by atoms with van der Waals surface area (Å²) in [5.74, 6) is 2.22. The highest BCUT2D eigenvalue weighted by Crippen LogP contribution is 2.36. The number of aromatic nitrogens is 2. The van der Waals surface area contributed by atoms with E-state index in [1.807, 2.05) is 36.2 Å². The molecule has 0 radical (unpaired) electrons. The van der Waals surface area contributed by atoms with E-state index >= 15 is 0 Å². The number of amides is 1. The van der Waals surface area contributed by atoms with Crippen molar-refractivity contribution < 1.29 is 4.79 Å². The molecule has 0 fully saturated rings. The zero-order valence-corrected chi connectivity index (χ0v) is 16.4. The van der Waals surface area contributed by atoms with E-state index in [0.29, 0.717) is 18.3 Å². The lowest BCUT2D eigenvalue weighted by molar-refractivity contribution is 0.0989. The van der Waals surface area contributed by atoms with Crippen LogP contribution < -0.4 is 9.80 Å². The third kappa shape index (κ3) is 2.79. The van der Waals surface area contributed by atoms with Gasteiger partial charge in [-0.2, -0.15) is 0 Å². The minimum Gasteiger partial charge on any atom is -0.355 e. The van der Waals surface area contributed by atoms with Crippen LogP contribution in [0, 0.1) is 5.92 Å². The zero-order chi connectivity index (χ0) is 18.5. The molecular formula is C21H22N4OS. The van der Waals surface area contributed by atoms with E-state index in [1.165, 1.54) is 16.9 Å². The summed E-state index contributed by atoms with van der Waals surface area (Å²) in [5, 5.41) is 0. The molecule has 138 valence electrons. The lowest BCUT2D eigenvalue weighted by atomic mass is 9.90. The quantitative estimate of drug-likeness (QED) is 0.644. The molecular weight excluding hydrogens is 356 g/mol. The van der Waals surface area contributed by atoms with Crippen LogP contribution in [0.25, 0.3) is 11.0 Å². The van der Waals surface area contributed by atoms with Gasteiger partial charge >= 0.3 is 0 Å². The normalized spacial score (nSPS) is 19.1. The Bertz CT molecular complexity index is 1040. The summed E-state index contributed by atoms with van der Waals surface area (Å²) in [4.78, 5) is 29.0. The van der Waals surface area contributed by atoms with Gasteiger partial charge in [-0.1, -0.05) is 19.1 Å². The van der Waals surface area contributed by atoms with Gasteiger partial charge in [0.1, 0.15) is 0 Å². The number of carbonyl (C=O) groups excluding carboxylic acids is 1. The standard InChI is InChI=1S/C21H22N4OS/c1-13-7-8-17-14(11-13)12-18(27-17)21(26)25-10-9-24(2)19-20(25)23-16-6-4-3-5-15(16)22-19/h3-6,12-13H,7-11H2,1-2H3. The first kappa shape index (κ1) is 16.7. The van der Waals surface area contributed by atoms with Crippen molar-refractivity contribution >= 4 is 39.9 Å². The fourth-order valence-corrected chi connectivity index (χ4v) is 5.18. The molecule has 3 heterocycles. The first-order valence-corrected chi connectivity index (χ1v) is 10.3. The van der Waals surface area contributed by atoms with E-state index in [-0.39, 0.29) is 5.91 Å². The van der Waals surface area contributed by atoms with Crippen LogP contribution >= 0.6 is 11.3 Å². The van der Waals surface area contributed by atoms with Crippen LogP contribution in [0.1, 0.15) is 33.5 Å². The van der Waals surface area contributed by atoms with Gasteiger partial charge in [0.15, 0.2) is 11.6 Å². The largest absolute Gasteiger partial charge is 0.355 e. The number of para-hydroxylation sites is 2. The number of hydrogen-bond donors (Lipinski definition) is 0. The molecule has 5 nitrogen and oxygen atoms in total. The average molecular weight is 379 g/mol. The Morgan fingerprint density at radius 1 is 1.15 bits per heavy atom. The SMILES string of the molecule is CC1CCc2sc(C(=O)N3CCN(C)c4nc5ccccc5nc43)cc2C1. The van der Waals surface area contributed by atoms with Crippen LogP contribution in [0.3, 0.4) is 0 Å². The van der Waals surface area contributed by atoms with Crippen molar-refractivity contribution in [1.82, 2.24) is 9.97 Å². The monoisotopic (exact) mass is 378 g/mol. The van der Waals surface area contributed by atoms with Crippen molar-refractivity contribution in [2.24, 2.45) is 5.92 Å². The van der Waals surface area contributed by atoms with Gasteiger partial charge in [0, 0.05) is 25.0 Å². The second kappa shape index (κ2) is 6.30. The molecule has 6 heteroatoms. The maximum Gasteiger partial charge on any atom is 0.269 e. The van der Waals surface area contributed by atoms with Crippen molar-refractivity contribution in [2.45, 2.75) is 26.2 Å². The number of benzene rings is 1. The van der Waals surface area contributed by atoms with Crippen LogP contribution in [0.15, 0.2) is 30.3 Å². The molecule has 0 bridgehead atoms. The molecule has 0 saturated heterocycles. The average Bonchev–Trinajstić information content (AvgIpc) is 3.10. The van der Waals surface area contributed by atoms with Gasteiger partial charge < -0.3 is 4.90 Å². The number of likely N-dealkylation sites (N-methyl/N-ethyl adjacent to an activating group) is 1. The first-order chi connectivity index (χ1) is 13.1. The fraction of sp³-hybridized carbons (Fsp3) is 0.381. The Hall–Kier alpha value is -2.47. The summed E-state index contributed by atoms with van der Waals surface area (Å²) in [5.41, 5.74) is 3.04. The van der Waals surface area contributed by atoms with Gasteiger partial charge in [-0.25, -0.2) is 9.97 Å². The third-order valence-corrected chi connectivity index (χ3v) is 6.82. The second-order valence-corrected chi connectivity index (χ2v) is 8.78. The topological polar surface area (TPSA) is 49.3 Å². The van der Waals surface area contributed by atoms with Crippen LogP contribution in [0.5, 0.6) is 0 Å². The summed E-state index contributed by atoms with van der Waals surface area (Å²) < 4.78 is 0. The van der Waals surface area contributed by atoms with Crippen molar-refractivity contribution in [3.63, 3.8) is 0 Å². The Labute approximate surface area is 162 Å². The number of aryl methyl sites for hydroxylation is 1. The van der Waals surface area contributed by atoms with E-state index in [9.17, 15) is 4.79 Å². The van der Waals surface area contributed by atoms with Crippen LogP contribution in [-0.2, 0) is 12.8 Å². The summed E-state index contributed by atoms with van der Waals surface area (Å²) in [6, 6.07) is 9.95. The molecule has 2 aliphatic rings. The smallest absolute Gasteiger partial charge is 0.269 e. The van der Waals surface area contributed by atoms with E-state index in [4.69, 9.17) is 9.97 Å². The highest BCUT2D eigenvalue weighted by atomic mass is 32.1. The molecule has 0 spiro atoms. The number of thiophene rings is 1. The maximum atomic E-state index is 13.4. The van der Waals surface area contributed by atoms with Gasteiger partial charge in [0.05, 0.1) is 15.9 Å². The molecule has 5 rings (SSSR count). The molecule has 27 heavy (non-hydrogen) atoms. The molecule has 2 aromatic heterocycles. The molecule has 3 aromatic rings. The lowest BCUT2D eigenvalue weighted by Gasteiger charge is -2.33. The summed E-state index contributed by atoms with van der Waals surface area (Å²) >= 11 is 1.67. The number of fused-ring (bicyclic) bond motifs is 3. The molecule has 1 aromatic carbocycles. The number of carbonyl (C=O) groups is 1. The number of rotatable bonds is 1. The highest BCUT2D eigenvalue weighted by molar-refractivity contribution is 7.14. The molecule has 1 amide bonds. The predicted molar refractivity (Wildman–Crippen MR) is 110 cm³/mol. The lowest BCUT2D eigenvalue weighted by Crippen LogP contribution is -2.43. The van der Waals surface area contributed by atoms with Gasteiger partial charge in [-0.15, -0.1) is 11.3 Å². The molecule has 1 aliphatic heterocycles. The van der Waals surface area contributed by atoms with Crippen LogP contribution in [-0.4, -0.2) is 36.0 Å². The number of hydrogen-bond acceptors (Lipinski definition) is 5. The second-order valence-electron chi connectivity index (χ2n) is 7.64. The minimum absolute atomic E-state index is 0.0565. The van der Waals surface area contributed by atoms with E-state index < -0.39 is 0 Å². The minimum atomic E-state index is 0.0565. The van der Waals surface area contributed by atoms with Gasteiger partial charge in [-0.3, -0.25) is 9.69 Å². The van der Waals surface area contributed by atoms with Crippen molar-refractivity contribution in [3.05, 3.63) is 45.6 Å². The van der Waals surface area contributed by atoms with E-state index in [1.54, 1.807) is 11.3 Å². The molecule has 0 N–H and O–H groups in total. The zero-order valence-electron chi connectivity index (χ0n) is 15.6. The van der Waals surface area contributed by atoms with Crippen molar-refractivity contribution in [3.8, 4) is 0 Å². The Kier molecular flexibility index (Phi) is 3.90. The summed E-state index contributed by atoms with van der Waals surface area (Å²) in [6.45, 7) is 3.68. The van der Waals surface area contributed by atoms with Crippen LogP contribution in [0.2, 0.25) is 0 Å². The number of nitrogens with zero attached hydrogens (tertiary/aromatic N) is 4. The third-order valence-electron chi connectivity index (χ3n) is 5.60. The first-order valence-electron chi connectivity index (χ1n) is 9.51. The van der Waals surface area contributed by atoms with Crippen molar-refractivity contribution in [1.29, 1.82) is 0 Å². The maximum absolute atomic E-state index is 13.4. The molecule has 1 atom stereocenters. The Balaban J connectivity index is 1.55. The predicted octanol–water partition coefficient (Wildman–Crippen LogP) is 3.91.